The Balaban J connectivity index is 2.39. The molecule has 0 bridgehead atoms. The summed E-state index contributed by atoms with van der Waals surface area (Å²) < 4.78 is 6.31. The van der Waals surface area contributed by atoms with E-state index in [1.807, 2.05) is 17.5 Å². The first-order valence-electron chi connectivity index (χ1n) is 6.00. The highest BCUT2D eigenvalue weighted by Gasteiger charge is 2.23. The van der Waals surface area contributed by atoms with Crippen molar-refractivity contribution in [1.82, 2.24) is 9.38 Å². The minimum atomic E-state index is -1.19. The summed E-state index contributed by atoms with van der Waals surface area (Å²) in [4.78, 5) is 28.3. The van der Waals surface area contributed by atoms with E-state index in [0.717, 1.165) is 4.88 Å². The maximum atomic E-state index is 11.8. The number of esters is 1. The van der Waals surface area contributed by atoms with Crippen LogP contribution < -0.4 is 0 Å². The van der Waals surface area contributed by atoms with Crippen LogP contribution in [0.4, 0.5) is 0 Å². The highest BCUT2D eigenvalue weighted by molar-refractivity contribution is 7.13. The number of aromatic carboxylic acids is 1. The van der Waals surface area contributed by atoms with Gasteiger partial charge >= 0.3 is 11.9 Å². The number of carbonyl (C=O) groups is 2. The molecule has 0 aliphatic rings. The number of aromatic nitrogens is 2. The van der Waals surface area contributed by atoms with Crippen LogP contribution in [0.25, 0.3) is 16.2 Å². The van der Waals surface area contributed by atoms with Crippen LogP contribution in [0.1, 0.15) is 20.8 Å². The quantitative estimate of drug-likeness (QED) is 0.752. The molecule has 0 atom stereocenters. The summed E-state index contributed by atoms with van der Waals surface area (Å²) in [6.07, 6.45) is 1.68. The van der Waals surface area contributed by atoms with Crippen LogP contribution in [0.3, 0.4) is 0 Å². The molecule has 0 aliphatic heterocycles. The number of carbonyl (C=O) groups excluding carboxylic acids is 1. The summed E-state index contributed by atoms with van der Waals surface area (Å²) in [7, 11) is 1.25. The molecule has 0 spiro atoms. The van der Waals surface area contributed by atoms with Crippen molar-refractivity contribution >= 4 is 28.8 Å². The van der Waals surface area contributed by atoms with E-state index in [-0.39, 0.29) is 16.8 Å². The molecule has 3 aromatic heterocycles. The van der Waals surface area contributed by atoms with Gasteiger partial charge in [0.15, 0.2) is 11.5 Å². The third-order valence-electron chi connectivity index (χ3n) is 3.01. The molecule has 0 saturated carbocycles. The van der Waals surface area contributed by atoms with Crippen molar-refractivity contribution in [2.75, 3.05) is 7.11 Å². The lowest BCUT2D eigenvalue weighted by Gasteiger charge is -2.04. The lowest BCUT2D eigenvalue weighted by molar-refractivity contribution is 0.0602. The van der Waals surface area contributed by atoms with Gasteiger partial charge in [0.1, 0.15) is 0 Å². The highest BCUT2D eigenvalue weighted by atomic mass is 32.1. The van der Waals surface area contributed by atoms with E-state index in [9.17, 15) is 14.7 Å². The summed E-state index contributed by atoms with van der Waals surface area (Å²) >= 11 is 1.44. The molecule has 0 radical (unpaired) electrons. The molecule has 0 aliphatic carbocycles. The van der Waals surface area contributed by atoms with E-state index in [4.69, 9.17) is 4.74 Å². The number of carboxylic acid groups (broad SMARTS) is 1. The molecule has 21 heavy (non-hydrogen) atoms. The molecule has 1 N–H and O–H groups in total. The molecule has 3 heterocycles. The number of imidazole rings is 1. The van der Waals surface area contributed by atoms with E-state index in [2.05, 4.69) is 4.98 Å². The Hall–Kier alpha value is -2.67. The summed E-state index contributed by atoms with van der Waals surface area (Å²) in [5.74, 6) is -1.30. The Bertz CT molecular complexity index is 836. The third kappa shape index (κ3) is 2.07. The normalized spacial score (nSPS) is 10.7. The molecule has 0 saturated heterocycles. The second-order valence-corrected chi connectivity index (χ2v) is 5.15. The summed E-state index contributed by atoms with van der Waals surface area (Å²) in [6.45, 7) is 0. The van der Waals surface area contributed by atoms with Crippen molar-refractivity contribution in [3.63, 3.8) is 0 Å². The van der Waals surface area contributed by atoms with Crippen LogP contribution in [0.2, 0.25) is 0 Å². The van der Waals surface area contributed by atoms with Crippen molar-refractivity contribution < 1.29 is 19.4 Å². The molecule has 0 amide bonds. The van der Waals surface area contributed by atoms with Gasteiger partial charge in [-0.05, 0) is 23.6 Å². The van der Waals surface area contributed by atoms with Crippen LogP contribution in [0.15, 0.2) is 35.8 Å². The number of ether oxygens (including phenoxy) is 1. The van der Waals surface area contributed by atoms with E-state index >= 15 is 0 Å². The van der Waals surface area contributed by atoms with Crippen LogP contribution >= 0.6 is 11.3 Å². The lowest BCUT2D eigenvalue weighted by Crippen LogP contribution is -2.06. The SMILES string of the molecule is COC(=O)c1cccn2c(-c3cccs3)nc(C(=O)O)c12. The molecule has 0 aromatic carbocycles. The fraction of sp³-hybridized carbons (Fsp3) is 0.0714. The van der Waals surface area contributed by atoms with Gasteiger partial charge in [0.2, 0.25) is 0 Å². The topological polar surface area (TPSA) is 80.9 Å². The molecule has 0 unspecified atom stereocenters. The molecule has 106 valence electrons. The van der Waals surface area contributed by atoms with Gasteiger partial charge in [-0.15, -0.1) is 11.3 Å². The van der Waals surface area contributed by atoms with Gasteiger partial charge in [-0.25, -0.2) is 14.6 Å². The van der Waals surface area contributed by atoms with Gasteiger partial charge in [0.25, 0.3) is 0 Å². The second kappa shape index (κ2) is 5.02. The smallest absolute Gasteiger partial charge is 0.356 e. The molecule has 3 rings (SSSR count). The number of methoxy groups -OCH3 is 1. The Morgan fingerprint density at radius 2 is 2.14 bits per heavy atom. The number of thiophene rings is 1. The van der Waals surface area contributed by atoms with Crippen LogP contribution in [-0.2, 0) is 4.74 Å². The number of hydrogen-bond acceptors (Lipinski definition) is 5. The third-order valence-corrected chi connectivity index (χ3v) is 3.88. The minimum Gasteiger partial charge on any atom is -0.476 e. The highest BCUT2D eigenvalue weighted by Crippen LogP contribution is 2.28. The number of rotatable bonds is 3. The van der Waals surface area contributed by atoms with E-state index in [1.54, 1.807) is 16.7 Å². The number of carboxylic acids is 1. The summed E-state index contributed by atoms with van der Waals surface area (Å²) in [5, 5.41) is 11.2. The number of pyridine rings is 1. The monoisotopic (exact) mass is 302 g/mol. The first kappa shape index (κ1) is 13.3. The molecule has 3 aromatic rings. The summed E-state index contributed by atoms with van der Waals surface area (Å²) in [6, 6.07) is 6.87. The predicted molar refractivity (Wildman–Crippen MR) is 76.8 cm³/mol. The van der Waals surface area contributed by atoms with E-state index in [0.29, 0.717) is 5.82 Å². The Morgan fingerprint density at radius 3 is 2.76 bits per heavy atom. The van der Waals surface area contributed by atoms with Crippen LogP contribution in [0.5, 0.6) is 0 Å². The molecular weight excluding hydrogens is 292 g/mol. The van der Waals surface area contributed by atoms with Crippen molar-refractivity contribution in [3.8, 4) is 10.7 Å². The largest absolute Gasteiger partial charge is 0.476 e. The van der Waals surface area contributed by atoms with Gasteiger partial charge in [-0.2, -0.15) is 0 Å². The first-order chi connectivity index (χ1) is 10.1. The Morgan fingerprint density at radius 1 is 1.33 bits per heavy atom. The summed E-state index contributed by atoms with van der Waals surface area (Å²) in [5.41, 5.74) is 0.243. The van der Waals surface area contributed by atoms with E-state index in [1.165, 1.54) is 24.5 Å². The van der Waals surface area contributed by atoms with Gasteiger partial charge < -0.3 is 9.84 Å². The zero-order valence-corrected chi connectivity index (χ0v) is 11.8. The minimum absolute atomic E-state index is 0.167. The first-order valence-corrected chi connectivity index (χ1v) is 6.88. The van der Waals surface area contributed by atoms with Gasteiger partial charge in [0.05, 0.1) is 23.1 Å². The van der Waals surface area contributed by atoms with Gasteiger partial charge in [0, 0.05) is 6.20 Å². The standard InChI is InChI=1S/C14H10N2O4S/c1-20-14(19)8-4-2-6-16-11(8)10(13(17)18)15-12(16)9-5-3-7-21-9/h2-7H,1H3,(H,17,18). The molecule has 6 nitrogen and oxygen atoms in total. The fourth-order valence-corrected chi connectivity index (χ4v) is 2.85. The fourth-order valence-electron chi connectivity index (χ4n) is 2.14. The number of nitrogens with zero attached hydrogens (tertiary/aromatic N) is 2. The number of fused-ring (bicyclic) bond motifs is 1. The molecule has 0 fully saturated rings. The predicted octanol–water partition coefficient (Wildman–Crippen LogP) is 2.55. The Kier molecular flexibility index (Phi) is 3.19. The Labute approximate surface area is 123 Å². The van der Waals surface area contributed by atoms with Crippen molar-refractivity contribution in [2.45, 2.75) is 0 Å². The average molecular weight is 302 g/mol. The lowest BCUT2D eigenvalue weighted by atomic mass is 10.2. The zero-order valence-electron chi connectivity index (χ0n) is 10.9. The second-order valence-electron chi connectivity index (χ2n) is 4.20. The maximum Gasteiger partial charge on any atom is 0.356 e. The maximum absolute atomic E-state index is 11.8. The number of hydrogen-bond donors (Lipinski definition) is 1. The van der Waals surface area contributed by atoms with Gasteiger partial charge in [-0.1, -0.05) is 6.07 Å². The van der Waals surface area contributed by atoms with Gasteiger partial charge in [-0.3, -0.25) is 4.40 Å². The van der Waals surface area contributed by atoms with Crippen molar-refractivity contribution in [2.24, 2.45) is 0 Å². The molecular formula is C14H10N2O4S. The van der Waals surface area contributed by atoms with Crippen molar-refractivity contribution in [1.29, 1.82) is 0 Å². The van der Waals surface area contributed by atoms with Crippen LogP contribution in [0, 0.1) is 0 Å². The van der Waals surface area contributed by atoms with Crippen LogP contribution in [-0.4, -0.2) is 33.5 Å². The zero-order chi connectivity index (χ0) is 15.0. The average Bonchev–Trinajstić information content (AvgIpc) is 3.12. The molecule has 7 heteroatoms. The van der Waals surface area contributed by atoms with Crippen molar-refractivity contribution in [3.05, 3.63) is 47.1 Å². The van der Waals surface area contributed by atoms with E-state index < -0.39 is 11.9 Å².